The van der Waals surface area contributed by atoms with E-state index in [1.165, 1.54) is 0 Å². The lowest BCUT2D eigenvalue weighted by molar-refractivity contribution is -0.385. The highest BCUT2D eigenvalue weighted by atomic mass is 19.2. The lowest BCUT2D eigenvalue weighted by Crippen LogP contribution is -1.99. The number of nitro groups is 1. The van der Waals surface area contributed by atoms with E-state index in [2.05, 4.69) is 0 Å². The van der Waals surface area contributed by atoms with E-state index in [-0.39, 0.29) is 17.2 Å². The van der Waals surface area contributed by atoms with Gasteiger partial charge in [0.25, 0.3) is 5.69 Å². The largest absolute Gasteiger partial charge is 0.276 e. The summed E-state index contributed by atoms with van der Waals surface area (Å²) >= 11 is 0. The minimum atomic E-state index is -1.07. The van der Waals surface area contributed by atoms with Crippen LogP contribution in [0.1, 0.15) is 24.3 Å². The van der Waals surface area contributed by atoms with E-state index in [9.17, 15) is 18.9 Å². The SMILES string of the molecule is O=[N+]([O-])c1ccc(F)c(F)c1C1CC1. The average molecular weight is 199 g/mol. The zero-order valence-corrected chi connectivity index (χ0v) is 7.17. The summed E-state index contributed by atoms with van der Waals surface area (Å²) in [5.41, 5.74) is -0.388. The van der Waals surface area contributed by atoms with Crippen LogP contribution in [0, 0.1) is 21.7 Å². The van der Waals surface area contributed by atoms with Gasteiger partial charge in [-0.2, -0.15) is 0 Å². The Balaban J connectivity index is 2.59. The molecule has 0 aromatic heterocycles. The summed E-state index contributed by atoms with van der Waals surface area (Å²) in [7, 11) is 0. The van der Waals surface area contributed by atoms with Gasteiger partial charge in [0, 0.05) is 6.07 Å². The molecule has 1 fully saturated rings. The van der Waals surface area contributed by atoms with Crippen LogP contribution in [0.25, 0.3) is 0 Å². The van der Waals surface area contributed by atoms with E-state index in [1.807, 2.05) is 0 Å². The molecule has 0 amide bonds. The molecule has 1 aliphatic carbocycles. The van der Waals surface area contributed by atoms with Crippen LogP contribution in [0.15, 0.2) is 12.1 Å². The standard InChI is InChI=1S/C9H7F2NO2/c10-6-3-4-7(12(13)14)8(9(6)11)5-1-2-5/h3-5H,1-2H2. The molecular weight excluding hydrogens is 192 g/mol. The smallest absolute Gasteiger partial charge is 0.258 e. The van der Waals surface area contributed by atoms with Crippen LogP contribution in [-0.2, 0) is 0 Å². The lowest BCUT2D eigenvalue weighted by atomic mass is 10.1. The van der Waals surface area contributed by atoms with Gasteiger partial charge in [-0.05, 0) is 24.8 Å². The van der Waals surface area contributed by atoms with Gasteiger partial charge >= 0.3 is 0 Å². The fraction of sp³-hybridized carbons (Fsp3) is 0.333. The van der Waals surface area contributed by atoms with Gasteiger partial charge in [-0.1, -0.05) is 0 Å². The molecule has 1 saturated carbocycles. The first-order valence-electron chi connectivity index (χ1n) is 4.23. The number of benzene rings is 1. The Morgan fingerprint density at radius 3 is 2.50 bits per heavy atom. The Morgan fingerprint density at radius 2 is 2.00 bits per heavy atom. The van der Waals surface area contributed by atoms with E-state index < -0.39 is 16.6 Å². The first kappa shape index (κ1) is 9.05. The number of nitrogens with zero attached hydrogens (tertiary/aromatic N) is 1. The molecule has 0 N–H and O–H groups in total. The minimum absolute atomic E-state index is 0.0741. The van der Waals surface area contributed by atoms with Crippen LogP contribution in [0.3, 0.4) is 0 Å². The van der Waals surface area contributed by atoms with Gasteiger partial charge in [0.05, 0.1) is 10.5 Å². The van der Waals surface area contributed by atoms with Crippen molar-refractivity contribution in [3.8, 4) is 0 Å². The number of hydrogen-bond donors (Lipinski definition) is 0. The van der Waals surface area contributed by atoms with Crippen LogP contribution in [-0.4, -0.2) is 4.92 Å². The fourth-order valence-corrected chi connectivity index (χ4v) is 1.48. The van der Waals surface area contributed by atoms with Crippen molar-refractivity contribution in [3.63, 3.8) is 0 Å². The quantitative estimate of drug-likeness (QED) is 0.542. The highest BCUT2D eigenvalue weighted by molar-refractivity contribution is 5.45. The van der Waals surface area contributed by atoms with Gasteiger partial charge in [0.2, 0.25) is 0 Å². The van der Waals surface area contributed by atoms with Crippen molar-refractivity contribution in [2.45, 2.75) is 18.8 Å². The normalized spacial score (nSPS) is 15.6. The van der Waals surface area contributed by atoms with Gasteiger partial charge in [-0.25, -0.2) is 8.78 Å². The molecule has 14 heavy (non-hydrogen) atoms. The fourth-order valence-electron chi connectivity index (χ4n) is 1.48. The highest BCUT2D eigenvalue weighted by Crippen LogP contribution is 2.45. The number of hydrogen-bond acceptors (Lipinski definition) is 2. The molecule has 0 atom stereocenters. The monoisotopic (exact) mass is 199 g/mol. The molecule has 0 unspecified atom stereocenters. The Labute approximate surface area is 78.5 Å². The molecule has 0 heterocycles. The van der Waals surface area contributed by atoms with Gasteiger partial charge in [-0.3, -0.25) is 10.1 Å². The summed E-state index contributed by atoms with van der Waals surface area (Å²) < 4.78 is 26.0. The summed E-state index contributed by atoms with van der Waals surface area (Å²) in [5.74, 6) is -2.26. The molecule has 1 aliphatic rings. The number of rotatable bonds is 2. The van der Waals surface area contributed by atoms with Crippen molar-refractivity contribution >= 4 is 5.69 Å². The van der Waals surface area contributed by atoms with Gasteiger partial charge in [0.15, 0.2) is 11.6 Å². The van der Waals surface area contributed by atoms with Crippen molar-refractivity contribution in [1.29, 1.82) is 0 Å². The average Bonchev–Trinajstić information content (AvgIpc) is 2.92. The molecule has 5 heteroatoms. The molecule has 3 nitrogen and oxygen atoms in total. The Kier molecular flexibility index (Phi) is 1.94. The van der Waals surface area contributed by atoms with E-state index >= 15 is 0 Å². The molecular formula is C9H7F2NO2. The maximum atomic E-state index is 13.2. The maximum absolute atomic E-state index is 13.2. The predicted octanol–water partition coefficient (Wildman–Crippen LogP) is 2.75. The Hall–Kier alpha value is -1.52. The summed E-state index contributed by atoms with van der Waals surface area (Å²) in [6.45, 7) is 0. The summed E-state index contributed by atoms with van der Waals surface area (Å²) in [4.78, 5) is 9.86. The van der Waals surface area contributed by atoms with Crippen molar-refractivity contribution in [1.82, 2.24) is 0 Å². The zero-order chi connectivity index (χ0) is 10.3. The lowest BCUT2D eigenvalue weighted by Gasteiger charge is -2.02. The summed E-state index contributed by atoms with van der Waals surface area (Å²) in [6.07, 6.45) is 1.39. The molecule has 2 rings (SSSR count). The molecule has 0 saturated heterocycles. The van der Waals surface area contributed by atoms with E-state index in [0.29, 0.717) is 12.8 Å². The Bertz CT molecular complexity index is 402. The van der Waals surface area contributed by atoms with Crippen LogP contribution in [0.2, 0.25) is 0 Å². The molecule has 0 spiro atoms. The van der Waals surface area contributed by atoms with Gasteiger partial charge < -0.3 is 0 Å². The van der Waals surface area contributed by atoms with Crippen LogP contribution < -0.4 is 0 Å². The second-order valence-electron chi connectivity index (χ2n) is 3.33. The predicted molar refractivity (Wildman–Crippen MR) is 45.0 cm³/mol. The number of nitro benzene ring substituents is 1. The Morgan fingerprint density at radius 1 is 1.36 bits per heavy atom. The van der Waals surface area contributed by atoms with Crippen molar-refractivity contribution in [2.24, 2.45) is 0 Å². The third-order valence-corrected chi connectivity index (χ3v) is 2.29. The zero-order valence-electron chi connectivity index (χ0n) is 7.17. The van der Waals surface area contributed by atoms with Crippen molar-refractivity contribution in [3.05, 3.63) is 39.4 Å². The van der Waals surface area contributed by atoms with Crippen molar-refractivity contribution in [2.75, 3.05) is 0 Å². The van der Waals surface area contributed by atoms with E-state index in [4.69, 9.17) is 0 Å². The van der Waals surface area contributed by atoms with E-state index in [1.54, 1.807) is 0 Å². The molecule has 0 radical (unpaired) electrons. The second-order valence-corrected chi connectivity index (χ2v) is 3.33. The first-order valence-corrected chi connectivity index (χ1v) is 4.23. The highest BCUT2D eigenvalue weighted by Gasteiger charge is 2.34. The molecule has 0 bridgehead atoms. The van der Waals surface area contributed by atoms with Crippen molar-refractivity contribution < 1.29 is 13.7 Å². The third-order valence-electron chi connectivity index (χ3n) is 2.29. The van der Waals surface area contributed by atoms with Crippen LogP contribution in [0.5, 0.6) is 0 Å². The summed E-state index contributed by atoms with van der Waals surface area (Å²) in [5, 5.41) is 10.5. The molecule has 1 aromatic carbocycles. The van der Waals surface area contributed by atoms with Crippen LogP contribution in [0.4, 0.5) is 14.5 Å². The second kappa shape index (κ2) is 3.01. The van der Waals surface area contributed by atoms with Crippen LogP contribution >= 0.6 is 0 Å². The van der Waals surface area contributed by atoms with Gasteiger partial charge in [-0.15, -0.1) is 0 Å². The minimum Gasteiger partial charge on any atom is -0.258 e. The molecule has 1 aromatic rings. The maximum Gasteiger partial charge on any atom is 0.276 e. The molecule has 0 aliphatic heterocycles. The molecule has 74 valence electrons. The first-order chi connectivity index (χ1) is 6.61. The summed E-state index contributed by atoms with van der Waals surface area (Å²) in [6, 6.07) is 1.81. The number of halogens is 2. The van der Waals surface area contributed by atoms with E-state index in [0.717, 1.165) is 12.1 Å². The topological polar surface area (TPSA) is 43.1 Å². The third kappa shape index (κ3) is 1.34. The van der Waals surface area contributed by atoms with Gasteiger partial charge in [0.1, 0.15) is 0 Å².